The fraction of sp³-hybridized carbons (Fsp3) is 0.286. The lowest BCUT2D eigenvalue weighted by Gasteiger charge is -2.19. The number of hydrogen-bond donors (Lipinski definition) is 1. The van der Waals surface area contributed by atoms with Gasteiger partial charge in [-0.15, -0.1) is 0 Å². The van der Waals surface area contributed by atoms with Crippen molar-refractivity contribution in [3.05, 3.63) is 52.4 Å². The molecule has 28 heavy (non-hydrogen) atoms. The Hall–Kier alpha value is -3.35. The summed E-state index contributed by atoms with van der Waals surface area (Å²) in [5.74, 6) is -0.418. The Bertz CT molecular complexity index is 1120. The third kappa shape index (κ3) is 4.14. The molecule has 0 saturated heterocycles. The van der Waals surface area contributed by atoms with Gasteiger partial charge in [-0.2, -0.15) is 0 Å². The van der Waals surface area contributed by atoms with E-state index in [2.05, 4.69) is 5.32 Å². The Balaban J connectivity index is 1.82. The molecule has 0 aliphatic heterocycles. The number of benzene rings is 2. The molecule has 0 atom stereocenters. The predicted octanol–water partition coefficient (Wildman–Crippen LogP) is 3.68. The minimum atomic E-state index is -0.711. The SMILES string of the molecule is Cc1c(OC(=O)CNC(=O)OC(C)(C)C)ccc2c1oc(=O)c1ccccc12. The highest BCUT2D eigenvalue weighted by Gasteiger charge is 2.18. The van der Waals surface area contributed by atoms with Gasteiger partial charge in [-0.3, -0.25) is 0 Å². The second-order valence-electron chi connectivity index (χ2n) is 7.33. The first-order valence-corrected chi connectivity index (χ1v) is 8.78. The molecule has 0 radical (unpaired) electrons. The first-order valence-electron chi connectivity index (χ1n) is 8.78. The van der Waals surface area contributed by atoms with Crippen LogP contribution in [-0.2, 0) is 9.53 Å². The predicted molar refractivity (Wildman–Crippen MR) is 105 cm³/mol. The average Bonchev–Trinajstić information content (AvgIpc) is 2.62. The smallest absolute Gasteiger partial charge is 0.408 e. The van der Waals surface area contributed by atoms with Crippen LogP contribution in [0.3, 0.4) is 0 Å². The molecule has 1 aromatic heterocycles. The highest BCUT2D eigenvalue weighted by molar-refractivity contribution is 6.05. The van der Waals surface area contributed by atoms with Crippen LogP contribution >= 0.6 is 0 Å². The zero-order chi connectivity index (χ0) is 20.5. The van der Waals surface area contributed by atoms with Gasteiger partial charge in [-0.05, 0) is 51.3 Å². The second kappa shape index (κ2) is 7.34. The molecule has 1 N–H and O–H groups in total. The molecule has 7 nitrogen and oxygen atoms in total. The largest absolute Gasteiger partial charge is 0.444 e. The molecule has 1 heterocycles. The Morgan fingerprint density at radius 3 is 2.39 bits per heavy atom. The first kappa shape index (κ1) is 19.4. The van der Waals surface area contributed by atoms with Gasteiger partial charge in [-0.1, -0.05) is 18.2 Å². The van der Waals surface area contributed by atoms with Crippen molar-refractivity contribution in [2.45, 2.75) is 33.3 Å². The summed E-state index contributed by atoms with van der Waals surface area (Å²) in [4.78, 5) is 35.9. The maximum Gasteiger partial charge on any atom is 0.408 e. The van der Waals surface area contributed by atoms with Crippen LogP contribution in [0.2, 0.25) is 0 Å². The number of fused-ring (bicyclic) bond motifs is 3. The van der Waals surface area contributed by atoms with E-state index in [9.17, 15) is 14.4 Å². The zero-order valence-electron chi connectivity index (χ0n) is 16.1. The first-order chi connectivity index (χ1) is 13.2. The van der Waals surface area contributed by atoms with Gasteiger partial charge < -0.3 is 19.2 Å². The van der Waals surface area contributed by atoms with E-state index in [0.717, 1.165) is 10.8 Å². The summed E-state index contributed by atoms with van der Waals surface area (Å²) in [6.45, 7) is 6.51. The van der Waals surface area contributed by atoms with Crippen molar-refractivity contribution in [3.8, 4) is 5.75 Å². The number of carbonyl (C=O) groups excluding carboxylic acids is 2. The lowest BCUT2D eigenvalue weighted by atomic mass is 10.0. The molecule has 0 aliphatic rings. The van der Waals surface area contributed by atoms with E-state index >= 15 is 0 Å². The number of ether oxygens (including phenoxy) is 2. The minimum absolute atomic E-state index is 0.252. The van der Waals surface area contributed by atoms with Gasteiger partial charge in [0.2, 0.25) is 0 Å². The van der Waals surface area contributed by atoms with Gasteiger partial charge in [0.15, 0.2) is 0 Å². The van der Waals surface area contributed by atoms with E-state index in [1.807, 2.05) is 12.1 Å². The topological polar surface area (TPSA) is 94.8 Å². The van der Waals surface area contributed by atoms with Crippen molar-refractivity contribution in [2.75, 3.05) is 6.54 Å². The Morgan fingerprint density at radius 1 is 1.04 bits per heavy atom. The van der Waals surface area contributed by atoms with Gasteiger partial charge in [-0.25, -0.2) is 14.4 Å². The Morgan fingerprint density at radius 2 is 1.71 bits per heavy atom. The average molecular weight is 383 g/mol. The second-order valence-corrected chi connectivity index (χ2v) is 7.33. The van der Waals surface area contributed by atoms with Crippen LogP contribution in [-0.4, -0.2) is 24.2 Å². The number of esters is 1. The number of alkyl carbamates (subject to hydrolysis) is 1. The number of nitrogens with one attached hydrogen (secondary N) is 1. The van der Waals surface area contributed by atoms with Crippen molar-refractivity contribution >= 4 is 33.8 Å². The fourth-order valence-corrected chi connectivity index (χ4v) is 2.79. The van der Waals surface area contributed by atoms with Crippen LogP contribution in [0.4, 0.5) is 4.79 Å². The molecule has 3 rings (SSSR count). The molecule has 146 valence electrons. The molecule has 0 fully saturated rings. The summed E-state index contributed by atoms with van der Waals surface area (Å²) in [5.41, 5.74) is -0.246. The van der Waals surface area contributed by atoms with E-state index in [-0.39, 0.29) is 12.3 Å². The lowest BCUT2D eigenvalue weighted by molar-refractivity contribution is -0.133. The molecule has 7 heteroatoms. The van der Waals surface area contributed by atoms with Crippen LogP contribution in [0.25, 0.3) is 21.7 Å². The van der Waals surface area contributed by atoms with E-state index in [1.165, 1.54) is 0 Å². The van der Waals surface area contributed by atoms with Gasteiger partial charge in [0.25, 0.3) is 0 Å². The van der Waals surface area contributed by atoms with Gasteiger partial charge in [0, 0.05) is 10.9 Å². The van der Waals surface area contributed by atoms with Crippen LogP contribution < -0.4 is 15.7 Å². The van der Waals surface area contributed by atoms with Gasteiger partial charge in [0.05, 0.1) is 5.39 Å². The normalized spacial score (nSPS) is 11.4. The van der Waals surface area contributed by atoms with Crippen molar-refractivity contribution in [2.24, 2.45) is 0 Å². The summed E-state index contributed by atoms with van der Waals surface area (Å²) in [6, 6.07) is 10.5. The van der Waals surface area contributed by atoms with Gasteiger partial charge >= 0.3 is 17.7 Å². The monoisotopic (exact) mass is 383 g/mol. The van der Waals surface area contributed by atoms with Crippen molar-refractivity contribution in [1.29, 1.82) is 0 Å². The summed E-state index contributed by atoms with van der Waals surface area (Å²) < 4.78 is 15.8. The van der Waals surface area contributed by atoms with Crippen LogP contribution in [0.5, 0.6) is 5.75 Å². The molecule has 1 amide bonds. The number of hydrogen-bond acceptors (Lipinski definition) is 6. The van der Waals surface area contributed by atoms with Crippen LogP contribution in [0.1, 0.15) is 26.3 Å². The van der Waals surface area contributed by atoms with E-state index < -0.39 is 23.3 Å². The highest BCUT2D eigenvalue weighted by Crippen LogP contribution is 2.30. The van der Waals surface area contributed by atoms with E-state index in [4.69, 9.17) is 13.9 Å². The molecule has 2 aromatic carbocycles. The Labute approximate surface area is 161 Å². The van der Waals surface area contributed by atoms with E-state index in [0.29, 0.717) is 16.5 Å². The molecule has 0 spiro atoms. The van der Waals surface area contributed by atoms with Gasteiger partial charge in [0.1, 0.15) is 23.5 Å². The number of carbonyl (C=O) groups is 2. The van der Waals surface area contributed by atoms with Crippen molar-refractivity contribution < 1.29 is 23.5 Å². The maximum atomic E-state index is 12.2. The van der Waals surface area contributed by atoms with E-state index in [1.54, 1.807) is 52.0 Å². The summed E-state index contributed by atoms with van der Waals surface area (Å²) in [7, 11) is 0. The highest BCUT2D eigenvalue weighted by atomic mass is 16.6. The molecular weight excluding hydrogens is 362 g/mol. The summed E-state index contributed by atoms with van der Waals surface area (Å²) in [5, 5.41) is 4.34. The third-order valence-electron chi connectivity index (χ3n) is 3.99. The molecular formula is C21H21NO6. The third-order valence-corrected chi connectivity index (χ3v) is 3.99. The minimum Gasteiger partial charge on any atom is -0.444 e. The lowest BCUT2D eigenvalue weighted by Crippen LogP contribution is -2.36. The molecule has 0 bridgehead atoms. The number of amides is 1. The number of aryl methyl sites for hydroxylation is 1. The molecule has 0 saturated carbocycles. The zero-order valence-corrected chi connectivity index (χ0v) is 16.1. The number of rotatable bonds is 3. The molecule has 0 aliphatic carbocycles. The van der Waals surface area contributed by atoms with Crippen molar-refractivity contribution in [1.82, 2.24) is 5.32 Å². The van der Waals surface area contributed by atoms with Crippen LogP contribution in [0, 0.1) is 6.92 Å². The molecule has 0 unspecified atom stereocenters. The molecule has 3 aromatic rings. The summed E-state index contributed by atoms with van der Waals surface area (Å²) >= 11 is 0. The quantitative estimate of drug-likeness (QED) is 0.321. The van der Waals surface area contributed by atoms with Crippen LogP contribution in [0.15, 0.2) is 45.6 Å². The fourth-order valence-electron chi connectivity index (χ4n) is 2.79. The van der Waals surface area contributed by atoms with Crippen molar-refractivity contribution in [3.63, 3.8) is 0 Å². The Kier molecular flexibility index (Phi) is 5.09. The standard InChI is InChI=1S/C21H21NO6/c1-12-16(26-17(23)11-22-20(25)28-21(2,3)4)10-9-14-13-7-5-6-8-15(13)19(24)27-18(12)14/h5-10H,11H2,1-4H3,(H,22,25). The maximum absolute atomic E-state index is 12.2. The summed E-state index contributed by atoms with van der Waals surface area (Å²) in [6.07, 6.45) is -0.711.